The third-order valence-corrected chi connectivity index (χ3v) is 10.6. The van der Waals surface area contributed by atoms with Crippen molar-refractivity contribution in [1.29, 1.82) is 0 Å². The molecular weight excluding hydrogens is 907 g/mol. The second-order valence-corrected chi connectivity index (χ2v) is 19.8. The molecule has 19 nitrogen and oxygen atoms in total. The van der Waals surface area contributed by atoms with Gasteiger partial charge in [0.25, 0.3) is 0 Å². The van der Waals surface area contributed by atoms with Crippen molar-refractivity contribution in [3.8, 4) is 0 Å². The summed E-state index contributed by atoms with van der Waals surface area (Å²) >= 11 is 0. The summed E-state index contributed by atoms with van der Waals surface area (Å²) in [6.07, 6.45) is 20.9. The third kappa shape index (κ3) is 46.5. The molecule has 0 spiro atoms. The largest absolute Gasteiger partial charge is 0.480 e. The van der Waals surface area contributed by atoms with Crippen LogP contribution in [0.1, 0.15) is 189 Å². The number of esters is 2. The quantitative estimate of drug-likeness (QED) is 0.0304. The van der Waals surface area contributed by atoms with Crippen molar-refractivity contribution in [3.63, 3.8) is 0 Å². The number of unbranched alkanes of at least 4 members (excludes halogenated alkanes) is 16. The molecule has 0 heterocycles. The number of hydrogen-bond acceptors (Lipinski definition) is 14. The Hall–Kier alpha value is -3.91. The van der Waals surface area contributed by atoms with Gasteiger partial charge in [0.15, 0.2) is 0 Å². The molecule has 0 aromatic rings. The number of aliphatic carboxylic acids is 1. The number of nitrogens with two attached hydrogens (primary N) is 1. The number of amides is 4. The zero-order valence-corrected chi connectivity index (χ0v) is 44.0. The van der Waals surface area contributed by atoms with Crippen LogP contribution in [0.25, 0.3) is 0 Å². The maximum Gasteiger partial charge on any atom is 0.329 e. The van der Waals surface area contributed by atoms with Gasteiger partial charge in [-0.1, -0.05) is 89.9 Å². The monoisotopic (exact) mass is 1000 g/mol. The molecule has 0 saturated heterocycles. The van der Waals surface area contributed by atoms with E-state index >= 15 is 0 Å². The van der Waals surface area contributed by atoms with Gasteiger partial charge in [-0.15, -0.1) is 0 Å². The molecule has 0 aliphatic heterocycles. The van der Waals surface area contributed by atoms with E-state index in [2.05, 4.69) is 21.3 Å². The summed E-state index contributed by atoms with van der Waals surface area (Å²) < 4.78 is 32.3. The highest BCUT2D eigenvalue weighted by molar-refractivity contribution is 5.85. The lowest BCUT2D eigenvalue weighted by molar-refractivity contribution is -0.159. The fourth-order valence-corrected chi connectivity index (χ4v) is 6.91. The van der Waals surface area contributed by atoms with Crippen LogP contribution in [0.3, 0.4) is 0 Å². The molecule has 0 unspecified atom stereocenters. The first-order valence-electron chi connectivity index (χ1n) is 26.1. The molecule has 0 aromatic carbocycles. The minimum Gasteiger partial charge on any atom is -0.480 e. The maximum atomic E-state index is 12.9. The fourth-order valence-electron chi connectivity index (χ4n) is 6.91. The van der Waals surface area contributed by atoms with Crippen LogP contribution < -0.4 is 27.0 Å². The smallest absolute Gasteiger partial charge is 0.329 e. The van der Waals surface area contributed by atoms with Gasteiger partial charge in [-0.2, -0.15) is 0 Å². The average molecular weight is 1000 g/mol. The van der Waals surface area contributed by atoms with Gasteiger partial charge in [0.2, 0.25) is 23.6 Å². The standard InChI is InChI=1S/C51H95N5O14/c1-50(2,3)69-47(61)27-22-20-18-16-14-12-10-8-7-9-11-13-15-17-19-21-26-44(58)56-42(49(64)70-51(4,5)6)28-29-43(57)54-31-33-65-35-38-68-40-46(60)55-32-34-66-36-37-67-39-45(59)53-30-24-23-25-41(52)48(62)63/h41-42H,7-40,52H2,1-6H3,(H,53,59)(H,54,57)(H,55,60)(H,56,58)(H,62,63)/t41-,42-/m0/s1. The highest BCUT2D eigenvalue weighted by Crippen LogP contribution is 2.16. The summed E-state index contributed by atoms with van der Waals surface area (Å²) in [6.45, 7) is 12.9. The highest BCUT2D eigenvalue weighted by atomic mass is 16.6. The van der Waals surface area contributed by atoms with Crippen molar-refractivity contribution in [3.05, 3.63) is 0 Å². The lowest BCUT2D eigenvalue weighted by atomic mass is 10.0. The maximum absolute atomic E-state index is 12.9. The normalized spacial score (nSPS) is 12.4. The molecular formula is C51H95N5O14. The van der Waals surface area contributed by atoms with Crippen LogP contribution in [0, 0.1) is 0 Å². The molecule has 70 heavy (non-hydrogen) atoms. The van der Waals surface area contributed by atoms with Crippen LogP contribution in [-0.4, -0.2) is 142 Å². The number of carboxylic acid groups (broad SMARTS) is 1. The molecule has 7 N–H and O–H groups in total. The first-order chi connectivity index (χ1) is 33.3. The number of ether oxygens (including phenoxy) is 6. The number of carbonyl (C=O) groups excluding carboxylic acids is 6. The summed E-state index contributed by atoms with van der Waals surface area (Å²) in [6, 6.07) is -1.83. The number of nitrogens with one attached hydrogen (secondary N) is 4. The fraction of sp³-hybridized carbons (Fsp3) is 0.863. The molecule has 0 aliphatic rings. The molecule has 4 amide bonds. The van der Waals surface area contributed by atoms with E-state index in [0.29, 0.717) is 38.6 Å². The molecule has 0 rings (SSSR count). The summed E-state index contributed by atoms with van der Waals surface area (Å²) in [5, 5.41) is 19.6. The van der Waals surface area contributed by atoms with Gasteiger partial charge in [-0.25, -0.2) is 4.79 Å². The molecule has 0 aromatic heterocycles. The van der Waals surface area contributed by atoms with E-state index in [4.69, 9.17) is 39.3 Å². The number of hydrogen-bond donors (Lipinski definition) is 6. The summed E-state index contributed by atoms with van der Waals surface area (Å²) in [7, 11) is 0. The molecule has 0 aliphatic carbocycles. The van der Waals surface area contributed by atoms with Crippen LogP contribution in [0.2, 0.25) is 0 Å². The van der Waals surface area contributed by atoms with Crippen LogP contribution in [0.15, 0.2) is 0 Å². The summed E-state index contributed by atoms with van der Waals surface area (Å²) in [5.74, 6) is -2.84. The lowest BCUT2D eigenvalue weighted by Crippen LogP contribution is -2.44. The van der Waals surface area contributed by atoms with E-state index in [9.17, 15) is 33.6 Å². The second-order valence-electron chi connectivity index (χ2n) is 19.8. The van der Waals surface area contributed by atoms with E-state index in [1.807, 2.05) is 20.8 Å². The van der Waals surface area contributed by atoms with E-state index in [0.717, 1.165) is 38.5 Å². The number of carbonyl (C=O) groups is 7. The minimum atomic E-state index is -1.04. The van der Waals surface area contributed by atoms with E-state index < -0.39 is 35.2 Å². The Morgan fingerprint density at radius 3 is 1.31 bits per heavy atom. The molecule has 0 saturated carbocycles. The lowest BCUT2D eigenvalue weighted by Gasteiger charge is -2.24. The second kappa shape index (κ2) is 42.7. The van der Waals surface area contributed by atoms with Gasteiger partial charge in [-0.05, 0) is 80.1 Å². The van der Waals surface area contributed by atoms with Gasteiger partial charge in [0, 0.05) is 38.9 Å². The van der Waals surface area contributed by atoms with Crippen molar-refractivity contribution in [2.45, 2.75) is 213 Å². The van der Waals surface area contributed by atoms with Crippen molar-refractivity contribution in [1.82, 2.24) is 21.3 Å². The zero-order valence-electron chi connectivity index (χ0n) is 44.0. The Labute approximate surface area is 419 Å². The zero-order chi connectivity index (χ0) is 52.3. The SMILES string of the molecule is CC(C)(C)OC(=O)CCCCCCCCCCCCCCCCCCC(=O)N[C@@H](CCC(=O)NCCOCCOCC(=O)NCCOCCOCC(=O)NCCCC[C@H](N)C(=O)O)C(=O)OC(C)(C)C. The van der Waals surface area contributed by atoms with Crippen molar-refractivity contribution < 1.29 is 67.1 Å². The predicted octanol–water partition coefficient (Wildman–Crippen LogP) is 5.95. The summed E-state index contributed by atoms with van der Waals surface area (Å²) in [5.41, 5.74) is 4.29. The van der Waals surface area contributed by atoms with E-state index in [1.165, 1.54) is 64.2 Å². The number of rotatable bonds is 46. The van der Waals surface area contributed by atoms with Crippen LogP contribution >= 0.6 is 0 Å². The molecule has 408 valence electrons. The number of carboxylic acids is 1. The molecule has 0 fully saturated rings. The van der Waals surface area contributed by atoms with Gasteiger partial charge in [0.1, 0.15) is 36.5 Å². The Morgan fingerprint density at radius 2 is 0.857 bits per heavy atom. The van der Waals surface area contributed by atoms with Crippen molar-refractivity contribution in [2.75, 3.05) is 72.5 Å². The molecule has 19 heteroatoms. The van der Waals surface area contributed by atoms with Gasteiger partial charge >= 0.3 is 17.9 Å². The Balaban J connectivity index is 3.93. The van der Waals surface area contributed by atoms with Crippen LogP contribution in [0.4, 0.5) is 0 Å². The Morgan fingerprint density at radius 1 is 0.443 bits per heavy atom. The third-order valence-electron chi connectivity index (χ3n) is 10.6. The van der Waals surface area contributed by atoms with Crippen molar-refractivity contribution >= 4 is 41.5 Å². The minimum absolute atomic E-state index is 0.0115. The first kappa shape index (κ1) is 66.1. The van der Waals surface area contributed by atoms with E-state index in [-0.39, 0.29) is 108 Å². The molecule has 2 atom stereocenters. The first-order valence-corrected chi connectivity index (χ1v) is 26.1. The topological polar surface area (TPSA) is 269 Å². The predicted molar refractivity (Wildman–Crippen MR) is 268 cm³/mol. The average Bonchev–Trinajstić information content (AvgIpc) is 3.27. The van der Waals surface area contributed by atoms with E-state index in [1.54, 1.807) is 20.8 Å². The Bertz CT molecular complexity index is 1420. The van der Waals surface area contributed by atoms with Crippen LogP contribution in [0.5, 0.6) is 0 Å². The van der Waals surface area contributed by atoms with Crippen molar-refractivity contribution in [2.24, 2.45) is 5.73 Å². The van der Waals surface area contributed by atoms with Crippen LogP contribution in [-0.2, 0) is 62.0 Å². The Kier molecular flexibility index (Phi) is 40.4. The highest BCUT2D eigenvalue weighted by Gasteiger charge is 2.27. The molecule has 0 radical (unpaired) electrons. The van der Waals surface area contributed by atoms with Gasteiger partial charge in [-0.3, -0.25) is 28.8 Å². The van der Waals surface area contributed by atoms with Gasteiger partial charge < -0.3 is 60.5 Å². The van der Waals surface area contributed by atoms with Gasteiger partial charge in [0.05, 0.1) is 39.6 Å². The summed E-state index contributed by atoms with van der Waals surface area (Å²) in [4.78, 5) is 84.5. The molecule has 0 bridgehead atoms.